The van der Waals surface area contributed by atoms with Crippen molar-refractivity contribution in [2.24, 2.45) is 5.92 Å². The highest BCUT2D eigenvalue weighted by atomic mass is 16.3. The van der Waals surface area contributed by atoms with E-state index in [9.17, 15) is 5.11 Å². The number of rotatable bonds is 7. The van der Waals surface area contributed by atoms with E-state index in [0.717, 1.165) is 18.5 Å². The van der Waals surface area contributed by atoms with E-state index in [4.69, 9.17) is 0 Å². The molecule has 118 valence electrons. The molecule has 0 amide bonds. The van der Waals surface area contributed by atoms with Crippen molar-refractivity contribution in [1.29, 1.82) is 0 Å². The Morgan fingerprint density at radius 1 is 1.23 bits per heavy atom. The molecule has 2 aromatic rings. The third-order valence-corrected chi connectivity index (χ3v) is 4.41. The predicted molar refractivity (Wildman–Crippen MR) is 91.5 cm³/mol. The molecule has 0 fully saturated rings. The van der Waals surface area contributed by atoms with Gasteiger partial charge in [0.05, 0.1) is 5.60 Å². The zero-order valence-electron chi connectivity index (χ0n) is 13.7. The number of benzene rings is 1. The van der Waals surface area contributed by atoms with Gasteiger partial charge in [0, 0.05) is 25.5 Å². The van der Waals surface area contributed by atoms with Gasteiger partial charge in [0.25, 0.3) is 0 Å². The van der Waals surface area contributed by atoms with Gasteiger partial charge in [-0.2, -0.15) is 0 Å². The lowest BCUT2D eigenvalue weighted by atomic mass is 9.88. The van der Waals surface area contributed by atoms with Gasteiger partial charge in [-0.1, -0.05) is 44.5 Å². The molecule has 2 unspecified atom stereocenters. The standard InChI is InChI=1S/C19H26N2O/c1-4-15(2)19(3,22)14-21-12-16-7-5-8-17(11-16)18-9-6-10-20-13-18/h5-11,13,15,21-22H,4,12,14H2,1-3H3. The molecule has 0 aliphatic rings. The topological polar surface area (TPSA) is 45.1 Å². The van der Waals surface area contributed by atoms with Gasteiger partial charge in [-0.3, -0.25) is 4.98 Å². The van der Waals surface area contributed by atoms with Gasteiger partial charge >= 0.3 is 0 Å². The molecular formula is C19H26N2O. The van der Waals surface area contributed by atoms with Crippen LogP contribution in [0.4, 0.5) is 0 Å². The molecule has 2 atom stereocenters. The molecule has 1 heterocycles. The van der Waals surface area contributed by atoms with Gasteiger partial charge in [0.1, 0.15) is 0 Å². The summed E-state index contributed by atoms with van der Waals surface area (Å²) < 4.78 is 0. The van der Waals surface area contributed by atoms with Crippen molar-refractivity contribution in [2.75, 3.05) is 6.54 Å². The van der Waals surface area contributed by atoms with Crippen LogP contribution in [0.3, 0.4) is 0 Å². The van der Waals surface area contributed by atoms with Crippen LogP contribution in [0, 0.1) is 5.92 Å². The molecule has 1 aromatic carbocycles. The summed E-state index contributed by atoms with van der Waals surface area (Å²) in [5.41, 5.74) is 2.83. The van der Waals surface area contributed by atoms with Crippen molar-refractivity contribution >= 4 is 0 Å². The molecule has 0 radical (unpaired) electrons. The Morgan fingerprint density at radius 3 is 2.68 bits per heavy atom. The van der Waals surface area contributed by atoms with E-state index in [2.05, 4.69) is 54.5 Å². The summed E-state index contributed by atoms with van der Waals surface area (Å²) >= 11 is 0. The molecule has 3 heteroatoms. The fourth-order valence-electron chi connectivity index (χ4n) is 2.47. The van der Waals surface area contributed by atoms with Crippen LogP contribution in [0.15, 0.2) is 48.8 Å². The fourth-order valence-corrected chi connectivity index (χ4v) is 2.47. The van der Waals surface area contributed by atoms with Crippen molar-refractivity contribution in [1.82, 2.24) is 10.3 Å². The Labute approximate surface area is 133 Å². The second kappa shape index (κ2) is 7.52. The first-order valence-corrected chi connectivity index (χ1v) is 7.95. The minimum absolute atomic E-state index is 0.279. The fraction of sp³-hybridized carbons (Fsp3) is 0.421. The second-order valence-corrected chi connectivity index (χ2v) is 6.21. The van der Waals surface area contributed by atoms with Crippen LogP contribution in [0.2, 0.25) is 0 Å². The van der Waals surface area contributed by atoms with Crippen molar-refractivity contribution in [3.63, 3.8) is 0 Å². The third kappa shape index (κ3) is 4.39. The van der Waals surface area contributed by atoms with E-state index in [0.29, 0.717) is 6.54 Å². The zero-order valence-corrected chi connectivity index (χ0v) is 13.7. The number of hydrogen-bond acceptors (Lipinski definition) is 3. The third-order valence-electron chi connectivity index (χ3n) is 4.41. The first kappa shape index (κ1) is 16.7. The van der Waals surface area contributed by atoms with Crippen LogP contribution in [-0.4, -0.2) is 22.2 Å². The summed E-state index contributed by atoms with van der Waals surface area (Å²) in [5, 5.41) is 13.8. The lowest BCUT2D eigenvalue weighted by Crippen LogP contribution is -2.42. The van der Waals surface area contributed by atoms with Crippen molar-refractivity contribution in [3.05, 3.63) is 54.4 Å². The summed E-state index contributed by atoms with van der Waals surface area (Å²) in [6.45, 7) is 7.45. The summed E-state index contributed by atoms with van der Waals surface area (Å²) in [6.07, 6.45) is 4.64. The Balaban J connectivity index is 1.97. The summed E-state index contributed by atoms with van der Waals surface area (Å²) in [5.74, 6) is 0.279. The number of nitrogens with one attached hydrogen (secondary N) is 1. The van der Waals surface area contributed by atoms with Gasteiger partial charge in [0.15, 0.2) is 0 Å². The van der Waals surface area contributed by atoms with Crippen LogP contribution >= 0.6 is 0 Å². The minimum atomic E-state index is -0.671. The summed E-state index contributed by atoms with van der Waals surface area (Å²) in [4.78, 5) is 4.17. The van der Waals surface area contributed by atoms with Crippen molar-refractivity contribution in [2.45, 2.75) is 39.3 Å². The van der Waals surface area contributed by atoms with Crippen LogP contribution in [-0.2, 0) is 6.54 Å². The smallest absolute Gasteiger partial charge is 0.0768 e. The van der Waals surface area contributed by atoms with Crippen LogP contribution in [0.5, 0.6) is 0 Å². The molecule has 1 aromatic heterocycles. The highest BCUT2D eigenvalue weighted by Crippen LogP contribution is 2.20. The Morgan fingerprint density at radius 2 is 2.00 bits per heavy atom. The maximum absolute atomic E-state index is 10.4. The van der Waals surface area contributed by atoms with Gasteiger partial charge in [-0.15, -0.1) is 0 Å². The molecule has 0 aliphatic heterocycles. The number of nitrogens with zero attached hydrogens (tertiary/aromatic N) is 1. The normalized spacial score (nSPS) is 15.3. The molecule has 2 N–H and O–H groups in total. The second-order valence-electron chi connectivity index (χ2n) is 6.21. The van der Waals surface area contributed by atoms with E-state index in [-0.39, 0.29) is 5.92 Å². The minimum Gasteiger partial charge on any atom is -0.389 e. The van der Waals surface area contributed by atoms with Crippen molar-refractivity contribution in [3.8, 4) is 11.1 Å². The number of aliphatic hydroxyl groups is 1. The van der Waals surface area contributed by atoms with E-state index in [1.165, 1.54) is 11.1 Å². The summed E-state index contributed by atoms with van der Waals surface area (Å²) in [7, 11) is 0. The number of pyridine rings is 1. The lowest BCUT2D eigenvalue weighted by Gasteiger charge is -2.30. The Hall–Kier alpha value is -1.71. The first-order chi connectivity index (χ1) is 10.5. The molecule has 22 heavy (non-hydrogen) atoms. The van der Waals surface area contributed by atoms with E-state index >= 15 is 0 Å². The molecule has 0 spiro atoms. The monoisotopic (exact) mass is 298 g/mol. The van der Waals surface area contributed by atoms with Crippen LogP contribution in [0.25, 0.3) is 11.1 Å². The van der Waals surface area contributed by atoms with Gasteiger partial charge < -0.3 is 10.4 Å². The molecule has 0 bridgehead atoms. The molecule has 3 nitrogen and oxygen atoms in total. The quantitative estimate of drug-likeness (QED) is 0.820. The average Bonchev–Trinajstić information content (AvgIpc) is 2.55. The molecular weight excluding hydrogens is 272 g/mol. The van der Waals surface area contributed by atoms with E-state index in [1.54, 1.807) is 6.20 Å². The molecule has 2 rings (SSSR count). The van der Waals surface area contributed by atoms with E-state index < -0.39 is 5.60 Å². The molecule has 0 saturated heterocycles. The lowest BCUT2D eigenvalue weighted by molar-refractivity contribution is 0.00535. The first-order valence-electron chi connectivity index (χ1n) is 7.95. The highest BCUT2D eigenvalue weighted by Gasteiger charge is 2.26. The predicted octanol–water partition coefficient (Wildman–Crippen LogP) is 3.64. The van der Waals surface area contributed by atoms with Gasteiger partial charge in [-0.05, 0) is 41.7 Å². The number of aromatic nitrogens is 1. The molecule has 0 saturated carbocycles. The zero-order chi connectivity index (χ0) is 16.0. The van der Waals surface area contributed by atoms with Crippen LogP contribution in [0.1, 0.15) is 32.8 Å². The van der Waals surface area contributed by atoms with Gasteiger partial charge in [-0.25, -0.2) is 0 Å². The summed E-state index contributed by atoms with van der Waals surface area (Å²) in [6, 6.07) is 12.4. The van der Waals surface area contributed by atoms with Gasteiger partial charge in [0.2, 0.25) is 0 Å². The SMILES string of the molecule is CCC(C)C(C)(O)CNCc1cccc(-c2cccnc2)c1. The maximum Gasteiger partial charge on any atom is 0.0768 e. The molecule has 0 aliphatic carbocycles. The largest absolute Gasteiger partial charge is 0.389 e. The van der Waals surface area contributed by atoms with E-state index in [1.807, 2.05) is 19.2 Å². The maximum atomic E-state index is 10.4. The van der Waals surface area contributed by atoms with Crippen LogP contribution < -0.4 is 5.32 Å². The Kier molecular flexibility index (Phi) is 5.69. The number of hydrogen-bond donors (Lipinski definition) is 2. The highest BCUT2D eigenvalue weighted by molar-refractivity contribution is 5.62. The van der Waals surface area contributed by atoms with Crippen molar-refractivity contribution < 1.29 is 5.11 Å². The Bertz CT molecular complexity index is 581. The average molecular weight is 298 g/mol.